The molecule has 0 fully saturated rings. The number of nitrogen functional groups attached to an aromatic ring is 1. The van der Waals surface area contributed by atoms with E-state index in [1.807, 2.05) is 45.5 Å². The van der Waals surface area contributed by atoms with Gasteiger partial charge in [0.25, 0.3) is 0 Å². The number of benzene rings is 2. The highest BCUT2D eigenvalue weighted by molar-refractivity contribution is 7.85. The molecule has 0 spiro atoms. The van der Waals surface area contributed by atoms with E-state index in [1.54, 1.807) is 30.7 Å². The van der Waals surface area contributed by atoms with Crippen LogP contribution in [-0.2, 0) is 10.1 Å². The number of aryl methyl sites for hydroxylation is 3. The highest BCUT2D eigenvalue weighted by atomic mass is 32.2. The van der Waals surface area contributed by atoms with Gasteiger partial charge in [-0.25, -0.2) is 14.3 Å². The number of nitrogens with two attached hydrogens (primary N) is 1. The highest BCUT2D eigenvalue weighted by Gasteiger charge is 2.09. The number of fused-ring (bicyclic) bond motifs is 1. The molecule has 3 aromatic rings. The second kappa shape index (κ2) is 7.94. The standard InChI is InChI=1S/C11H14N3.C9H12O3S/c1-13(2)11-5-3-4-9-8-14(12)7-6-10(9)11;1-6-4-7(2)9(8(3)5-6)13(10,11)12/h3-8H,12H2,1-2H3;4-5H,1-3H3,(H,10,11,12)/q+1;/p-1. The van der Waals surface area contributed by atoms with Crippen LogP contribution in [0, 0.1) is 20.8 Å². The Morgan fingerprint density at radius 3 is 2.15 bits per heavy atom. The van der Waals surface area contributed by atoms with Gasteiger partial charge in [-0.2, -0.15) is 0 Å². The second-order valence-electron chi connectivity index (χ2n) is 6.75. The summed E-state index contributed by atoms with van der Waals surface area (Å²) in [5.41, 5.74) is 3.21. The van der Waals surface area contributed by atoms with Gasteiger partial charge in [0.05, 0.1) is 10.3 Å². The monoisotopic (exact) mass is 387 g/mol. The molecule has 0 aliphatic carbocycles. The molecule has 0 unspecified atom stereocenters. The fourth-order valence-electron chi connectivity index (χ4n) is 3.18. The summed E-state index contributed by atoms with van der Waals surface area (Å²) in [6.07, 6.45) is 3.78. The molecular weight excluding hydrogens is 362 g/mol. The highest BCUT2D eigenvalue weighted by Crippen LogP contribution is 2.23. The molecule has 0 saturated heterocycles. The fourth-order valence-corrected chi connectivity index (χ4v) is 4.09. The molecule has 2 N–H and O–H groups in total. The van der Waals surface area contributed by atoms with Crippen LogP contribution >= 0.6 is 0 Å². The van der Waals surface area contributed by atoms with E-state index >= 15 is 0 Å². The summed E-state index contributed by atoms with van der Waals surface area (Å²) in [5, 5.41) is 2.38. The predicted molar refractivity (Wildman–Crippen MR) is 107 cm³/mol. The number of anilines is 1. The summed E-state index contributed by atoms with van der Waals surface area (Å²) in [6.45, 7) is 5.12. The van der Waals surface area contributed by atoms with Crippen molar-refractivity contribution in [2.75, 3.05) is 24.8 Å². The van der Waals surface area contributed by atoms with Gasteiger partial charge in [-0.1, -0.05) is 28.4 Å². The molecular formula is C20H25N3O3S. The van der Waals surface area contributed by atoms with Gasteiger partial charge in [0.2, 0.25) is 6.20 Å². The van der Waals surface area contributed by atoms with Crippen LogP contribution in [-0.4, -0.2) is 27.1 Å². The summed E-state index contributed by atoms with van der Waals surface area (Å²) >= 11 is 0. The van der Waals surface area contributed by atoms with Crippen LogP contribution < -0.4 is 15.4 Å². The Labute approximate surface area is 160 Å². The average molecular weight is 388 g/mol. The number of hydrogen-bond donors (Lipinski definition) is 1. The molecule has 1 heterocycles. The normalized spacial score (nSPS) is 11.0. The van der Waals surface area contributed by atoms with Crippen molar-refractivity contribution in [3.05, 3.63) is 65.5 Å². The molecule has 0 radical (unpaired) electrons. The molecule has 0 saturated carbocycles. The van der Waals surface area contributed by atoms with E-state index in [0.717, 1.165) is 10.9 Å². The van der Waals surface area contributed by atoms with E-state index in [9.17, 15) is 13.0 Å². The maximum atomic E-state index is 10.8. The number of aromatic nitrogens is 1. The SMILES string of the molecule is CN(C)c1cccc2c[n+](N)ccc12.Cc1cc(C)c(S(=O)(=O)[O-])c(C)c1. The molecule has 1 aromatic heterocycles. The Morgan fingerprint density at radius 1 is 1.04 bits per heavy atom. The van der Waals surface area contributed by atoms with Crippen LogP contribution in [0.25, 0.3) is 10.8 Å². The Bertz CT molecular complexity index is 1050. The van der Waals surface area contributed by atoms with Crippen molar-refractivity contribution in [1.82, 2.24) is 0 Å². The molecule has 0 aliphatic heterocycles. The Morgan fingerprint density at radius 2 is 1.63 bits per heavy atom. The van der Waals surface area contributed by atoms with E-state index in [0.29, 0.717) is 11.1 Å². The number of rotatable bonds is 2. The van der Waals surface area contributed by atoms with Crippen molar-refractivity contribution in [3.8, 4) is 0 Å². The molecule has 0 atom stereocenters. The van der Waals surface area contributed by atoms with Gasteiger partial charge in [0.15, 0.2) is 6.20 Å². The van der Waals surface area contributed by atoms with Gasteiger partial charge in [-0.05, 0) is 44.0 Å². The zero-order valence-electron chi connectivity index (χ0n) is 16.2. The smallest absolute Gasteiger partial charge is 0.207 e. The van der Waals surface area contributed by atoms with Crippen molar-refractivity contribution >= 4 is 26.6 Å². The molecule has 0 amide bonds. The van der Waals surface area contributed by atoms with Crippen LogP contribution in [0.1, 0.15) is 16.7 Å². The van der Waals surface area contributed by atoms with Crippen molar-refractivity contribution < 1.29 is 17.6 Å². The first-order valence-corrected chi connectivity index (χ1v) is 9.81. The minimum atomic E-state index is -4.33. The molecule has 144 valence electrons. The topological polar surface area (TPSA) is 90.3 Å². The summed E-state index contributed by atoms with van der Waals surface area (Å²) in [7, 11) is -0.251. The molecule has 0 bridgehead atoms. The van der Waals surface area contributed by atoms with Gasteiger partial charge >= 0.3 is 0 Å². The Kier molecular flexibility index (Phi) is 6.08. The van der Waals surface area contributed by atoms with Crippen molar-refractivity contribution in [3.63, 3.8) is 0 Å². The first-order chi connectivity index (χ1) is 12.5. The molecule has 2 aromatic carbocycles. The first-order valence-electron chi connectivity index (χ1n) is 8.41. The van der Waals surface area contributed by atoms with Gasteiger partial charge in [-0.15, -0.1) is 0 Å². The lowest BCUT2D eigenvalue weighted by Crippen LogP contribution is -2.43. The van der Waals surface area contributed by atoms with Gasteiger partial charge in [0.1, 0.15) is 10.1 Å². The summed E-state index contributed by atoms with van der Waals surface area (Å²) in [6, 6.07) is 11.6. The van der Waals surface area contributed by atoms with E-state index in [4.69, 9.17) is 5.84 Å². The summed E-state index contributed by atoms with van der Waals surface area (Å²) < 4.78 is 34.1. The molecule has 3 rings (SSSR count). The van der Waals surface area contributed by atoms with E-state index < -0.39 is 10.1 Å². The predicted octanol–water partition coefficient (Wildman–Crippen LogP) is 2.42. The van der Waals surface area contributed by atoms with Crippen LogP contribution in [0.4, 0.5) is 5.69 Å². The Balaban J connectivity index is 0.000000194. The third kappa shape index (κ3) is 4.96. The molecule has 7 heteroatoms. The number of nitrogens with zero attached hydrogens (tertiary/aromatic N) is 2. The van der Waals surface area contributed by atoms with Crippen LogP contribution in [0.3, 0.4) is 0 Å². The average Bonchev–Trinajstić information content (AvgIpc) is 2.52. The van der Waals surface area contributed by atoms with Gasteiger partial charge < -0.3 is 9.45 Å². The summed E-state index contributed by atoms with van der Waals surface area (Å²) in [4.78, 5) is 2.02. The van der Waals surface area contributed by atoms with Crippen LogP contribution in [0.15, 0.2) is 53.7 Å². The van der Waals surface area contributed by atoms with Gasteiger partial charge in [-0.3, -0.25) is 0 Å². The lowest BCUT2D eigenvalue weighted by atomic mass is 10.1. The third-order valence-electron chi connectivity index (χ3n) is 4.15. The quantitative estimate of drug-likeness (QED) is 0.414. The number of pyridine rings is 1. The zero-order valence-corrected chi connectivity index (χ0v) is 17.0. The number of hydrogen-bond acceptors (Lipinski definition) is 5. The minimum Gasteiger partial charge on any atom is -0.744 e. The zero-order chi connectivity index (χ0) is 20.4. The Hall–Kier alpha value is -2.64. The molecule has 0 aliphatic rings. The largest absolute Gasteiger partial charge is 0.744 e. The summed E-state index contributed by atoms with van der Waals surface area (Å²) in [5.74, 6) is 5.65. The van der Waals surface area contributed by atoms with Crippen LogP contribution in [0.2, 0.25) is 0 Å². The maximum Gasteiger partial charge on any atom is 0.207 e. The van der Waals surface area contributed by atoms with E-state index in [2.05, 4.69) is 17.0 Å². The van der Waals surface area contributed by atoms with Crippen molar-refractivity contribution in [2.45, 2.75) is 25.7 Å². The van der Waals surface area contributed by atoms with Crippen molar-refractivity contribution in [2.24, 2.45) is 0 Å². The fraction of sp³-hybridized carbons (Fsp3) is 0.250. The lowest BCUT2D eigenvalue weighted by Gasteiger charge is -2.14. The minimum absolute atomic E-state index is 0.0851. The van der Waals surface area contributed by atoms with Crippen molar-refractivity contribution in [1.29, 1.82) is 0 Å². The van der Waals surface area contributed by atoms with Crippen LogP contribution in [0.5, 0.6) is 0 Å². The van der Waals surface area contributed by atoms with Gasteiger partial charge in [0, 0.05) is 31.2 Å². The second-order valence-corrected chi connectivity index (χ2v) is 8.06. The lowest BCUT2D eigenvalue weighted by molar-refractivity contribution is -0.637. The third-order valence-corrected chi connectivity index (χ3v) is 5.30. The first kappa shape index (κ1) is 20.7. The maximum absolute atomic E-state index is 10.8. The molecule has 27 heavy (non-hydrogen) atoms. The molecule has 6 nitrogen and oxygen atoms in total. The van der Waals surface area contributed by atoms with E-state index in [-0.39, 0.29) is 4.90 Å². The van der Waals surface area contributed by atoms with E-state index in [1.165, 1.54) is 11.1 Å².